The summed E-state index contributed by atoms with van der Waals surface area (Å²) in [4.78, 5) is 2.19. The lowest BCUT2D eigenvalue weighted by atomic mass is 10.1. The molecule has 0 fully saturated rings. The van der Waals surface area contributed by atoms with E-state index in [0.717, 1.165) is 29.4 Å². The van der Waals surface area contributed by atoms with Gasteiger partial charge in [-0.3, -0.25) is 4.68 Å². The van der Waals surface area contributed by atoms with Crippen LogP contribution in [0.2, 0.25) is 5.15 Å². The second-order valence-electron chi connectivity index (χ2n) is 4.85. The van der Waals surface area contributed by atoms with Crippen LogP contribution in [0, 0.1) is 6.92 Å². The average molecular weight is 278 g/mol. The molecule has 0 bridgehead atoms. The number of aromatic nitrogens is 2. The van der Waals surface area contributed by atoms with Crippen molar-refractivity contribution >= 4 is 17.3 Å². The molecule has 0 unspecified atom stereocenters. The molecule has 0 saturated heterocycles. The first-order valence-corrected chi connectivity index (χ1v) is 6.88. The molecule has 0 aliphatic heterocycles. The third kappa shape index (κ3) is 2.92. The van der Waals surface area contributed by atoms with Gasteiger partial charge in [0.25, 0.3) is 0 Å². The van der Waals surface area contributed by atoms with Crippen molar-refractivity contribution < 1.29 is 0 Å². The highest BCUT2D eigenvalue weighted by Gasteiger charge is 2.13. The van der Waals surface area contributed by atoms with E-state index in [1.54, 1.807) is 4.68 Å². The van der Waals surface area contributed by atoms with Gasteiger partial charge in [-0.2, -0.15) is 5.10 Å². The first-order chi connectivity index (χ1) is 9.02. The lowest BCUT2D eigenvalue weighted by Crippen LogP contribution is -2.16. The summed E-state index contributed by atoms with van der Waals surface area (Å²) in [5.41, 5.74) is 4.63. The van der Waals surface area contributed by atoms with E-state index in [1.807, 2.05) is 14.0 Å². The lowest BCUT2D eigenvalue weighted by molar-refractivity contribution is 0.757. The van der Waals surface area contributed by atoms with Crippen LogP contribution in [0.15, 0.2) is 24.3 Å². The Bertz CT molecular complexity index is 558. The van der Waals surface area contributed by atoms with E-state index >= 15 is 0 Å². The molecule has 1 heterocycles. The second kappa shape index (κ2) is 5.66. The van der Waals surface area contributed by atoms with Gasteiger partial charge in [0.2, 0.25) is 0 Å². The van der Waals surface area contributed by atoms with Crippen molar-refractivity contribution in [2.45, 2.75) is 26.8 Å². The Morgan fingerprint density at radius 1 is 1.26 bits per heavy atom. The van der Waals surface area contributed by atoms with Gasteiger partial charge in [-0.05, 0) is 31.0 Å². The van der Waals surface area contributed by atoms with Crippen LogP contribution in [-0.4, -0.2) is 16.8 Å². The van der Waals surface area contributed by atoms with Gasteiger partial charge in [0.15, 0.2) is 0 Å². The Hall–Kier alpha value is -1.48. The average Bonchev–Trinajstić information content (AvgIpc) is 2.65. The van der Waals surface area contributed by atoms with Gasteiger partial charge in [-0.15, -0.1) is 0 Å². The van der Waals surface area contributed by atoms with Crippen molar-refractivity contribution in [1.82, 2.24) is 9.78 Å². The van der Waals surface area contributed by atoms with Gasteiger partial charge in [-0.1, -0.05) is 30.7 Å². The number of hydrogen-bond acceptors (Lipinski definition) is 2. The summed E-state index contributed by atoms with van der Waals surface area (Å²) in [5.74, 6) is 0. The van der Waals surface area contributed by atoms with E-state index in [4.69, 9.17) is 11.6 Å². The minimum atomic E-state index is 0.717. The third-order valence-corrected chi connectivity index (χ3v) is 3.92. The van der Waals surface area contributed by atoms with E-state index in [9.17, 15) is 0 Å². The van der Waals surface area contributed by atoms with Crippen LogP contribution in [0.25, 0.3) is 0 Å². The largest absolute Gasteiger partial charge is 0.370 e. The summed E-state index contributed by atoms with van der Waals surface area (Å²) in [6.07, 6.45) is 1.07. The summed E-state index contributed by atoms with van der Waals surface area (Å²) < 4.78 is 1.72. The fourth-order valence-corrected chi connectivity index (χ4v) is 2.40. The van der Waals surface area contributed by atoms with E-state index in [1.165, 1.54) is 11.3 Å². The van der Waals surface area contributed by atoms with E-state index in [2.05, 4.69) is 48.2 Å². The summed E-state index contributed by atoms with van der Waals surface area (Å²) in [6.45, 7) is 4.93. The van der Waals surface area contributed by atoms with Gasteiger partial charge in [0.1, 0.15) is 5.15 Å². The predicted molar refractivity (Wildman–Crippen MR) is 80.9 cm³/mol. The molecular formula is C15H20ClN3. The number of rotatable bonds is 4. The molecule has 1 aromatic heterocycles. The highest BCUT2D eigenvalue weighted by Crippen LogP contribution is 2.23. The summed E-state index contributed by atoms with van der Waals surface area (Å²) in [5, 5.41) is 5.06. The number of nitrogens with zero attached hydrogens (tertiary/aromatic N) is 3. The highest BCUT2D eigenvalue weighted by molar-refractivity contribution is 6.30. The fraction of sp³-hybridized carbons (Fsp3) is 0.400. The van der Waals surface area contributed by atoms with Gasteiger partial charge >= 0.3 is 0 Å². The molecule has 3 nitrogen and oxygen atoms in total. The Labute approximate surface area is 119 Å². The molecule has 19 heavy (non-hydrogen) atoms. The number of anilines is 1. The number of hydrogen-bond donors (Lipinski definition) is 0. The standard InChI is InChI=1S/C15H20ClN3/c1-5-12-6-8-13(9-7-12)18(3)10-14-11(2)17-19(4)15(14)16/h6-9H,5,10H2,1-4H3. The second-order valence-corrected chi connectivity index (χ2v) is 5.21. The van der Waals surface area contributed by atoms with Crippen molar-refractivity contribution in [3.8, 4) is 0 Å². The minimum Gasteiger partial charge on any atom is -0.370 e. The topological polar surface area (TPSA) is 21.1 Å². The van der Waals surface area contributed by atoms with Crippen LogP contribution >= 0.6 is 11.6 Å². The van der Waals surface area contributed by atoms with Crippen LogP contribution in [0.4, 0.5) is 5.69 Å². The summed E-state index contributed by atoms with van der Waals surface area (Å²) in [6, 6.07) is 8.64. The zero-order chi connectivity index (χ0) is 14.0. The molecule has 1 aromatic carbocycles. The zero-order valence-electron chi connectivity index (χ0n) is 11.9. The molecule has 0 spiro atoms. The molecule has 0 aliphatic rings. The van der Waals surface area contributed by atoms with Crippen LogP contribution in [0.5, 0.6) is 0 Å². The quantitative estimate of drug-likeness (QED) is 0.852. The molecule has 0 radical (unpaired) electrons. The smallest absolute Gasteiger partial charge is 0.131 e. The normalized spacial score (nSPS) is 10.8. The number of halogens is 1. The van der Waals surface area contributed by atoms with Gasteiger partial charge in [0, 0.05) is 31.9 Å². The molecule has 2 rings (SSSR count). The first kappa shape index (κ1) is 13.9. The molecule has 0 atom stereocenters. The maximum atomic E-state index is 6.27. The maximum Gasteiger partial charge on any atom is 0.131 e. The first-order valence-electron chi connectivity index (χ1n) is 6.51. The summed E-state index contributed by atoms with van der Waals surface area (Å²) in [7, 11) is 3.94. The third-order valence-electron chi connectivity index (χ3n) is 3.45. The predicted octanol–water partition coefficient (Wildman–Crippen LogP) is 3.58. The van der Waals surface area contributed by atoms with E-state index in [-0.39, 0.29) is 0 Å². The fourth-order valence-electron chi connectivity index (χ4n) is 2.17. The van der Waals surface area contributed by atoms with Crippen molar-refractivity contribution in [3.63, 3.8) is 0 Å². The van der Waals surface area contributed by atoms with Crippen molar-refractivity contribution in [2.24, 2.45) is 7.05 Å². The monoisotopic (exact) mass is 277 g/mol. The molecule has 2 aromatic rings. The van der Waals surface area contributed by atoms with E-state index < -0.39 is 0 Å². The minimum absolute atomic E-state index is 0.717. The van der Waals surface area contributed by atoms with Crippen molar-refractivity contribution in [1.29, 1.82) is 0 Å². The van der Waals surface area contributed by atoms with Crippen LogP contribution in [-0.2, 0) is 20.0 Å². The lowest BCUT2D eigenvalue weighted by Gasteiger charge is -2.19. The Morgan fingerprint density at radius 2 is 1.89 bits per heavy atom. The van der Waals surface area contributed by atoms with Crippen LogP contribution in [0.1, 0.15) is 23.7 Å². The van der Waals surface area contributed by atoms with Gasteiger partial charge in [-0.25, -0.2) is 0 Å². The van der Waals surface area contributed by atoms with Crippen molar-refractivity contribution in [2.75, 3.05) is 11.9 Å². The molecule has 0 N–H and O–H groups in total. The molecule has 0 aliphatic carbocycles. The van der Waals surface area contributed by atoms with Crippen LogP contribution in [0.3, 0.4) is 0 Å². The maximum absolute atomic E-state index is 6.27. The Kier molecular flexibility index (Phi) is 4.15. The Balaban J connectivity index is 2.17. The van der Waals surface area contributed by atoms with Crippen LogP contribution < -0.4 is 4.90 Å². The molecule has 102 valence electrons. The highest BCUT2D eigenvalue weighted by atomic mass is 35.5. The zero-order valence-corrected chi connectivity index (χ0v) is 12.7. The molecule has 0 saturated carbocycles. The van der Waals surface area contributed by atoms with Gasteiger partial charge < -0.3 is 4.90 Å². The molecule has 4 heteroatoms. The molecule has 0 amide bonds. The van der Waals surface area contributed by atoms with E-state index in [0.29, 0.717) is 0 Å². The SMILES string of the molecule is CCc1ccc(N(C)Cc2c(C)nn(C)c2Cl)cc1. The summed E-state index contributed by atoms with van der Waals surface area (Å²) >= 11 is 6.27. The van der Waals surface area contributed by atoms with Gasteiger partial charge in [0.05, 0.1) is 5.69 Å². The number of benzene rings is 1. The van der Waals surface area contributed by atoms with Crippen molar-refractivity contribution in [3.05, 3.63) is 46.2 Å². The number of aryl methyl sites for hydroxylation is 3. The molecular weight excluding hydrogens is 258 g/mol. The Morgan fingerprint density at radius 3 is 2.37 bits per heavy atom.